The summed E-state index contributed by atoms with van der Waals surface area (Å²) in [5, 5.41) is 23.9. The molecule has 3 nitrogen and oxygen atoms in total. The van der Waals surface area contributed by atoms with E-state index in [0.717, 1.165) is 12.8 Å². The van der Waals surface area contributed by atoms with Gasteiger partial charge in [0.2, 0.25) is 0 Å². The second kappa shape index (κ2) is 5.28. The largest absolute Gasteiger partial charge is 0.411 e. The fraction of sp³-hybridized carbons (Fsp3) is 0.722. The molecule has 3 atom stereocenters. The van der Waals surface area contributed by atoms with E-state index in [4.69, 9.17) is 0 Å². The average molecular weight is 291 g/mol. The lowest BCUT2D eigenvalue weighted by atomic mass is 9.57. The Morgan fingerprint density at radius 1 is 1.05 bits per heavy atom. The first-order chi connectivity index (χ1) is 9.58. The van der Waals surface area contributed by atoms with Crippen molar-refractivity contribution in [3.8, 4) is 0 Å². The van der Waals surface area contributed by atoms with Crippen LogP contribution in [-0.2, 0) is 0 Å². The van der Waals surface area contributed by atoms with E-state index >= 15 is 0 Å². The van der Waals surface area contributed by atoms with Crippen LogP contribution in [0, 0.1) is 22.7 Å². The minimum atomic E-state index is -0.422. The third kappa shape index (κ3) is 2.94. The highest BCUT2D eigenvalue weighted by Crippen LogP contribution is 2.49. The summed E-state index contributed by atoms with van der Waals surface area (Å²) in [4.78, 5) is 0. The Morgan fingerprint density at radius 2 is 1.62 bits per heavy atom. The number of hydrogen-bond acceptors (Lipinski definition) is 3. The van der Waals surface area contributed by atoms with Gasteiger partial charge < -0.3 is 10.3 Å². The van der Waals surface area contributed by atoms with Gasteiger partial charge in [0.1, 0.15) is 0 Å². The molecule has 2 aliphatic carbocycles. The van der Waals surface area contributed by atoms with Gasteiger partial charge in [0.25, 0.3) is 0 Å². The normalized spacial score (nSPS) is 37.1. The van der Waals surface area contributed by atoms with E-state index < -0.39 is 6.10 Å². The molecule has 2 N–H and O–H groups in total. The van der Waals surface area contributed by atoms with Crippen molar-refractivity contribution in [2.75, 3.05) is 0 Å². The van der Waals surface area contributed by atoms with E-state index in [1.165, 1.54) is 11.1 Å². The highest BCUT2D eigenvalue weighted by atomic mass is 16.4. The molecule has 118 valence electrons. The van der Waals surface area contributed by atoms with Crippen LogP contribution < -0.4 is 0 Å². The van der Waals surface area contributed by atoms with Crippen LogP contribution in [0.2, 0.25) is 0 Å². The van der Waals surface area contributed by atoms with Gasteiger partial charge in [0, 0.05) is 11.8 Å². The maximum Gasteiger partial charge on any atom is 0.0838 e. The van der Waals surface area contributed by atoms with Crippen LogP contribution in [0.15, 0.2) is 28.5 Å². The first kappa shape index (κ1) is 16.3. The van der Waals surface area contributed by atoms with Crippen molar-refractivity contribution < 1.29 is 10.3 Å². The van der Waals surface area contributed by atoms with E-state index in [1.807, 2.05) is 6.08 Å². The molecule has 0 radical (unpaired) electrons. The second-order valence-electron chi connectivity index (χ2n) is 8.36. The van der Waals surface area contributed by atoms with Crippen molar-refractivity contribution in [3.63, 3.8) is 0 Å². The van der Waals surface area contributed by atoms with Gasteiger partial charge in [0.15, 0.2) is 0 Å². The number of hydrogen-bond donors (Lipinski definition) is 2. The molecule has 0 heterocycles. The number of rotatable bonds is 1. The lowest BCUT2D eigenvalue weighted by Crippen LogP contribution is -2.49. The molecule has 0 fully saturated rings. The van der Waals surface area contributed by atoms with Crippen LogP contribution in [-0.4, -0.2) is 22.1 Å². The van der Waals surface area contributed by atoms with Crippen LogP contribution in [0.25, 0.3) is 0 Å². The van der Waals surface area contributed by atoms with Crippen LogP contribution in [0.5, 0.6) is 0 Å². The Hall–Kier alpha value is -1.09. The summed E-state index contributed by atoms with van der Waals surface area (Å²) in [6.07, 6.45) is 5.63. The van der Waals surface area contributed by atoms with Crippen molar-refractivity contribution in [2.45, 2.75) is 60.5 Å². The van der Waals surface area contributed by atoms with E-state index in [1.54, 1.807) is 0 Å². The summed E-state index contributed by atoms with van der Waals surface area (Å²) in [5.41, 5.74) is 3.07. The molecule has 2 aliphatic rings. The van der Waals surface area contributed by atoms with E-state index in [2.05, 4.69) is 52.8 Å². The molecule has 0 bridgehead atoms. The number of aliphatic hydroxyl groups is 1. The Morgan fingerprint density at radius 3 is 2.19 bits per heavy atom. The van der Waals surface area contributed by atoms with Crippen LogP contribution in [0.4, 0.5) is 0 Å². The summed E-state index contributed by atoms with van der Waals surface area (Å²) in [6, 6.07) is 0. The molecule has 3 heteroatoms. The third-order valence-electron chi connectivity index (χ3n) is 5.17. The van der Waals surface area contributed by atoms with Crippen molar-refractivity contribution in [1.29, 1.82) is 0 Å². The molecule has 0 saturated carbocycles. The van der Waals surface area contributed by atoms with Gasteiger partial charge in [-0.25, -0.2) is 0 Å². The Bertz CT molecular complexity index is 511. The Kier molecular flexibility index (Phi) is 4.09. The number of nitrogens with zero attached hydrogens (tertiary/aromatic N) is 1. The van der Waals surface area contributed by atoms with Gasteiger partial charge in [-0.2, -0.15) is 0 Å². The SMILES string of the molecule is CC1=C[C@@H]([C@@H]2/C(=N/O)C=C(C)CC2(C)C)[C@H](O)C(C)(C)C1. The van der Waals surface area contributed by atoms with E-state index in [9.17, 15) is 10.3 Å². The highest BCUT2D eigenvalue weighted by molar-refractivity contribution is 5.98. The summed E-state index contributed by atoms with van der Waals surface area (Å²) < 4.78 is 0. The molecule has 0 aromatic rings. The molecule has 0 unspecified atom stereocenters. The van der Waals surface area contributed by atoms with Crippen molar-refractivity contribution >= 4 is 5.71 Å². The van der Waals surface area contributed by atoms with Gasteiger partial charge in [0.05, 0.1) is 11.8 Å². The summed E-state index contributed by atoms with van der Waals surface area (Å²) in [5.74, 6) is 0.0368. The van der Waals surface area contributed by atoms with Crippen molar-refractivity contribution in [3.05, 3.63) is 23.3 Å². The molecule has 0 saturated heterocycles. The summed E-state index contributed by atoms with van der Waals surface area (Å²) in [6.45, 7) is 12.9. The predicted octanol–water partition coefficient (Wildman–Crippen LogP) is 4.16. The predicted molar refractivity (Wildman–Crippen MR) is 86.5 cm³/mol. The number of allylic oxidation sites excluding steroid dienone is 3. The van der Waals surface area contributed by atoms with Crippen molar-refractivity contribution in [1.82, 2.24) is 0 Å². The Balaban J connectivity index is 2.50. The zero-order valence-electron chi connectivity index (χ0n) is 14.1. The maximum absolute atomic E-state index is 10.9. The molecular weight excluding hydrogens is 262 g/mol. The topological polar surface area (TPSA) is 52.8 Å². The smallest absolute Gasteiger partial charge is 0.0838 e. The first-order valence-electron chi connectivity index (χ1n) is 7.83. The van der Waals surface area contributed by atoms with Crippen molar-refractivity contribution in [2.24, 2.45) is 27.8 Å². The summed E-state index contributed by atoms with van der Waals surface area (Å²) >= 11 is 0. The quantitative estimate of drug-likeness (QED) is 0.433. The Labute approximate surface area is 128 Å². The number of oxime groups is 1. The minimum absolute atomic E-state index is 0.000926. The van der Waals surface area contributed by atoms with Gasteiger partial charge in [-0.3, -0.25) is 0 Å². The number of aliphatic hydroxyl groups excluding tert-OH is 1. The van der Waals surface area contributed by atoms with Gasteiger partial charge in [-0.05, 0) is 43.6 Å². The first-order valence-corrected chi connectivity index (χ1v) is 7.83. The van der Waals surface area contributed by atoms with Crippen LogP contribution in [0.1, 0.15) is 54.4 Å². The van der Waals surface area contributed by atoms with E-state index in [-0.39, 0.29) is 22.7 Å². The minimum Gasteiger partial charge on any atom is -0.411 e. The fourth-order valence-electron chi connectivity index (χ4n) is 4.53. The fourth-order valence-corrected chi connectivity index (χ4v) is 4.53. The highest BCUT2D eigenvalue weighted by Gasteiger charge is 2.48. The van der Waals surface area contributed by atoms with Crippen LogP contribution in [0.3, 0.4) is 0 Å². The van der Waals surface area contributed by atoms with E-state index in [0.29, 0.717) is 5.71 Å². The summed E-state index contributed by atoms with van der Waals surface area (Å²) in [7, 11) is 0. The molecular formula is C18H29NO2. The average Bonchev–Trinajstić information content (AvgIpc) is 2.31. The van der Waals surface area contributed by atoms with Gasteiger partial charge in [-0.15, -0.1) is 0 Å². The van der Waals surface area contributed by atoms with Crippen LogP contribution >= 0.6 is 0 Å². The second-order valence-corrected chi connectivity index (χ2v) is 8.36. The molecule has 0 amide bonds. The van der Waals surface area contributed by atoms with Gasteiger partial charge in [-0.1, -0.05) is 50.1 Å². The lowest BCUT2D eigenvalue weighted by Gasteiger charge is -2.48. The molecule has 0 aromatic carbocycles. The molecule has 21 heavy (non-hydrogen) atoms. The third-order valence-corrected chi connectivity index (χ3v) is 5.17. The molecule has 0 aromatic heterocycles. The molecule has 2 rings (SSSR count). The zero-order chi connectivity index (χ0) is 16.0. The standard InChI is InChI=1S/C18H29NO2/c1-11-7-13(16(20)18(5,6)10-11)15-14(19-21)8-12(2)9-17(15,3)4/h7-8,13,15-16,20-21H,9-10H2,1-6H3/b19-14+/t13-,15+,16-/m0/s1. The monoisotopic (exact) mass is 291 g/mol. The zero-order valence-corrected chi connectivity index (χ0v) is 14.1. The van der Waals surface area contributed by atoms with Gasteiger partial charge >= 0.3 is 0 Å². The lowest BCUT2D eigenvalue weighted by molar-refractivity contribution is -0.0191. The maximum atomic E-state index is 10.9. The molecule has 0 spiro atoms. The molecule has 0 aliphatic heterocycles.